The van der Waals surface area contributed by atoms with Crippen LogP contribution >= 0.6 is 24.1 Å². The van der Waals surface area contributed by atoms with E-state index in [0.29, 0.717) is 36.2 Å². The van der Waals surface area contributed by atoms with Gasteiger partial charge < -0.3 is 0 Å². The second-order valence-corrected chi connectivity index (χ2v) is 13.4. The molecule has 0 saturated heterocycles. The molecular formula is C18H39AlO6P3+3. The fourth-order valence-electron chi connectivity index (χ4n) is 2.75. The van der Waals surface area contributed by atoms with Gasteiger partial charge in [0, 0.05) is 17.8 Å². The van der Waals surface area contributed by atoms with Crippen molar-refractivity contribution in [1.82, 2.24) is 0 Å². The molecule has 0 aliphatic carbocycles. The Hall–Kier alpha value is 0.712. The van der Waals surface area contributed by atoms with E-state index in [2.05, 4.69) is 41.5 Å². The van der Waals surface area contributed by atoms with Crippen molar-refractivity contribution < 1.29 is 24.4 Å². The van der Waals surface area contributed by atoms with Crippen molar-refractivity contribution >= 4 is 39.2 Å². The van der Waals surface area contributed by atoms with Gasteiger partial charge in [-0.25, -0.2) is 10.7 Å². The molecule has 0 aromatic carbocycles. The van der Waals surface area contributed by atoms with E-state index in [1.165, 1.54) is 0 Å². The first-order chi connectivity index (χ1) is 13.3. The van der Waals surface area contributed by atoms with Gasteiger partial charge in [0.05, 0.1) is 0 Å². The summed E-state index contributed by atoms with van der Waals surface area (Å²) in [5.74, 6) is 0.903. The van der Waals surface area contributed by atoms with Gasteiger partial charge in [-0.05, 0) is 52.2 Å². The smallest absolute Gasteiger partial charge is 0.201 e. The van der Waals surface area contributed by atoms with Crippen LogP contribution in [0.1, 0.15) is 80.1 Å². The quantitative estimate of drug-likeness (QED) is 0.152. The van der Waals surface area contributed by atoms with Crippen LogP contribution in [0.15, 0.2) is 0 Å². The van der Waals surface area contributed by atoms with Gasteiger partial charge in [-0.1, -0.05) is 41.5 Å². The van der Waals surface area contributed by atoms with Crippen LogP contribution in [0.5, 0.6) is 0 Å². The van der Waals surface area contributed by atoms with Gasteiger partial charge in [-0.2, -0.15) is 0 Å². The van der Waals surface area contributed by atoms with Crippen LogP contribution in [0.3, 0.4) is 0 Å². The van der Waals surface area contributed by atoms with Crippen molar-refractivity contribution in [2.75, 3.05) is 18.5 Å². The maximum atomic E-state index is 12.4. The number of hydrogen-bond donors (Lipinski definition) is 0. The van der Waals surface area contributed by atoms with Crippen LogP contribution in [-0.4, -0.2) is 33.6 Å². The zero-order valence-electron chi connectivity index (χ0n) is 18.5. The Morgan fingerprint density at radius 3 is 0.929 bits per heavy atom. The summed E-state index contributed by atoms with van der Waals surface area (Å²) in [6.07, 6.45) is 6.77. The predicted octanol–water partition coefficient (Wildman–Crippen LogP) is 7.56. The van der Waals surface area contributed by atoms with Gasteiger partial charge in [-0.15, -0.1) is 0 Å². The fourth-order valence-corrected chi connectivity index (χ4v) is 10.4. The van der Waals surface area contributed by atoms with Crippen LogP contribution in [0.4, 0.5) is 0 Å². The van der Waals surface area contributed by atoms with Gasteiger partial charge in [0.1, 0.15) is 0 Å². The predicted molar refractivity (Wildman–Crippen MR) is 119 cm³/mol. The molecular weight excluding hydrogens is 432 g/mol. The lowest BCUT2D eigenvalue weighted by Gasteiger charge is -2.05. The molecule has 0 N–H and O–H groups in total. The molecule has 3 unspecified atom stereocenters. The number of hydrogen-bond acceptors (Lipinski definition) is 6. The molecule has 0 rings (SSSR count). The normalized spacial score (nSPS) is 13.4. The highest BCUT2D eigenvalue weighted by Crippen LogP contribution is 2.39. The second kappa shape index (κ2) is 17.4. The maximum absolute atomic E-state index is 12.4. The van der Waals surface area contributed by atoms with Crippen molar-refractivity contribution in [3.63, 3.8) is 0 Å². The standard InChI is InChI=1S/3C6H13O2P.Al/c3*1-3-6(4-2)5-9(7)8;/h3*6H,3-5H2,1-2H3;/q;;;+3. The molecule has 0 spiro atoms. The van der Waals surface area contributed by atoms with E-state index in [4.69, 9.17) is 10.7 Å². The topological polar surface area (TPSA) is 78.9 Å². The lowest BCUT2D eigenvalue weighted by atomic mass is 10.1. The zero-order valence-corrected chi connectivity index (χ0v) is 22.3. The van der Waals surface area contributed by atoms with Crippen molar-refractivity contribution in [3.8, 4) is 0 Å². The maximum Gasteiger partial charge on any atom is 1.04 e. The van der Waals surface area contributed by atoms with Crippen LogP contribution < -0.4 is 0 Å². The monoisotopic (exact) mass is 471 g/mol. The zero-order chi connectivity index (χ0) is 21.5. The van der Waals surface area contributed by atoms with E-state index in [1.807, 2.05) is 0 Å². The summed E-state index contributed by atoms with van der Waals surface area (Å²) in [7, 11) is -5.95. The van der Waals surface area contributed by atoms with Crippen LogP contribution in [-0.2, 0) is 24.4 Å². The minimum absolute atomic E-state index is 0.301. The molecule has 3 atom stereocenters. The summed E-state index contributed by atoms with van der Waals surface area (Å²) in [6.45, 7) is 12.3. The van der Waals surface area contributed by atoms with Gasteiger partial charge in [-0.3, -0.25) is 0 Å². The molecule has 0 aliphatic heterocycles. The molecule has 0 radical (unpaired) electrons. The van der Waals surface area contributed by atoms with E-state index in [-0.39, 0.29) is 0 Å². The van der Waals surface area contributed by atoms with Crippen molar-refractivity contribution in [3.05, 3.63) is 0 Å². The van der Waals surface area contributed by atoms with E-state index < -0.39 is 39.2 Å². The Morgan fingerprint density at radius 1 is 0.536 bits per heavy atom. The third-order valence-electron chi connectivity index (χ3n) is 5.30. The van der Waals surface area contributed by atoms with Crippen LogP contribution in [0, 0.1) is 17.8 Å². The lowest BCUT2D eigenvalue weighted by Crippen LogP contribution is -2.21. The van der Waals surface area contributed by atoms with E-state index in [9.17, 15) is 13.7 Å². The molecule has 162 valence electrons. The Labute approximate surface area is 179 Å². The van der Waals surface area contributed by atoms with Crippen LogP contribution in [0.2, 0.25) is 0 Å². The summed E-state index contributed by atoms with van der Waals surface area (Å²) in [5.41, 5.74) is 0. The first-order valence-electron chi connectivity index (χ1n) is 10.7. The number of rotatable bonds is 18. The summed E-state index contributed by atoms with van der Waals surface area (Å²) < 4.78 is 54.0. The Balaban J connectivity index is 4.96. The molecule has 28 heavy (non-hydrogen) atoms. The highest BCUT2D eigenvalue weighted by molar-refractivity contribution is 7.44. The van der Waals surface area contributed by atoms with Crippen molar-refractivity contribution in [1.29, 1.82) is 0 Å². The molecule has 6 nitrogen and oxygen atoms in total. The van der Waals surface area contributed by atoms with Crippen molar-refractivity contribution in [2.24, 2.45) is 17.8 Å². The molecule has 0 bridgehead atoms. The minimum Gasteiger partial charge on any atom is -0.201 e. The minimum atomic E-state index is -3.00. The summed E-state index contributed by atoms with van der Waals surface area (Å²) in [5, 5.41) is 0. The highest BCUT2D eigenvalue weighted by atomic mass is 31.1. The average Bonchev–Trinajstić information content (AvgIpc) is 2.67. The first kappa shape index (κ1) is 28.7. The molecule has 0 saturated carbocycles. The Morgan fingerprint density at radius 2 is 0.750 bits per heavy atom. The molecule has 0 aromatic heterocycles. The third-order valence-corrected chi connectivity index (χ3v) is 12.6. The average molecular weight is 471 g/mol. The second-order valence-electron chi connectivity index (χ2n) is 7.20. The van der Waals surface area contributed by atoms with Crippen LogP contribution in [0.25, 0.3) is 0 Å². The SMILES string of the molecule is CCC(CC)C[P+](=O)[O][Al]([O][P+](=O)CC(CC)CC)[O][P+](=O)CC(CC)CC. The van der Waals surface area contributed by atoms with Gasteiger partial charge in [0.2, 0.25) is 0 Å². The molecule has 10 heteroatoms. The third kappa shape index (κ3) is 13.1. The largest absolute Gasteiger partial charge is 1.04 e. The van der Waals surface area contributed by atoms with E-state index >= 15 is 0 Å². The van der Waals surface area contributed by atoms with Crippen molar-refractivity contribution in [2.45, 2.75) is 80.1 Å². The summed E-state index contributed by atoms with van der Waals surface area (Å²) in [4.78, 5) is 0. The molecule has 0 aromatic rings. The fraction of sp³-hybridized carbons (Fsp3) is 1.00. The summed E-state index contributed by atoms with van der Waals surface area (Å²) >= 11 is -3.00. The molecule has 0 heterocycles. The van der Waals surface area contributed by atoms with E-state index in [1.54, 1.807) is 0 Å². The Kier molecular flexibility index (Phi) is 17.8. The van der Waals surface area contributed by atoms with Gasteiger partial charge >= 0.3 is 39.2 Å². The van der Waals surface area contributed by atoms with Gasteiger partial charge in [0.15, 0.2) is 18.5 Å². The highest BCUT2D eigenvalue weighted by Gasteiger charge is 2.56. The Bertz CT molecular complexity index is 402. The molecule has 0 aliphatic rings. The van der Waals surface area contributed by atoms with Gasteiger partial charge in [0.25, 0.3) is 0 Å². The lowest BCUT2D eigenvalue weighted by molar-refractivity contribution is 0.317. The first-order valence-corrected chi connectivity index (χ1v) is 16.2. The molecule has 0 amide bonds. The summed E-state index contributed by atoms with van der Waals surface area (Å²) in [6, 6.07) is 0. The van der Waals surface area contributed by atoms with E-state index in [0.717, 1.165) is 38.5 Å². The molecule has 0 fully saturated rings.